The van der Waals surface area contributed by atoms with Crippen molar-refractivity contribution in [3.8, 4) is 0 Å². The Bertz CT molecular complexity index is 563. The van der Waals surface area contributed by atoms with E-state index in [9.17, 15) is 19.7 Å². The Labute approximate surface area is 127 Å². The van der Waals surface area contributed by atoms with Crippen LogP contribution in [0.1, 0.15) is 26.3 Å². The topological polar surface area (TPSA) is 122 Å². The fraction of sp³-hybridized carbons (Fsp3) is 0.429. The summed E-state index contributed by atoms with van der Waals surface area (Å²) in [7, 11) is 0. The van der Waals surface area contributed by atoms with Crippen molar-refractivity contribution in [2.45, 2.75) is 38.8 Å². The number of nitrogens with one attached hydrogen (secondary N) is 2. The highest BCUT2D eigenvalue weighted by Gasteiger charge is 2.24. The second-order valence-corrected chi connectivity index (χ2v) is 5.87. The lowest BCUT2D eigenvalue weighted by atomic mass is 10.0. The quantitative estimate of drug-likeness (QED) is 0.564. The fourth-order valence-electron chi connectivity index (χ4n) is 1.80. The van der Waals surface area contributed by atoms with Crippen LogP contribution in [0.5, 0.6) is 0 Å². The molecule has 0 radical (unpaired) electrons. The lowest BCUT2D eigenvalue weighted by molar-refractivity contribution is -0.384. The summed E-state index contributed by atoms with van der Waals surface area (Å²) in [4.78, 5) is 33.0. The van der Waals surface area contributed by atoms with Crippen molar-refractivity contribution in [1.82, 2.24) is 10.6 Å². The number of hydrogen-bond donors (Lipinski definition) is 3. The molecule has 0 aliphatic carbocycles. The molecular weight excluding hydrogens is 290 g/mol. The van der Waals surface area contributed by atoms with Crippen LogP contribution in [0.3, 0.4) is 0 Å². The van der Waals surface area contributed by atoms with Gasteiger partial charge in [-0.2, -0.15) is 0 Å². The maximum absolute atomic E-state index is 12.1. The Balaban J connectivity index is 2.86. The molecule has 0 heterocycles. The number of non-ortho nitro benzene ring substituents is 1. The van der Waals surface area contributed by atoms with Crippen LogP contribution in [-0.2, 0) is 11.2 Å². The molecule has 0 spiro atoms. The van der Waals surface area contributed by atoms with Crippen LogP contribution in [0.2, 0.25) is 0 Å². The molecule has 120 valence electrons. The number of nitro benzene ring substituents is 1. The molecule has 8 nitrogen and oxygen atoms in total. The van der Waals surface area contributed by atoms with Gasteiger partial charge in [0, 0.05) is 24.1 Å². The monoisotopic (exact) mass is 309 g/mol. The third-order valence-electron chi connectivity index (χ3n) is 2.70. The van der Waals surface area contributed by atoms with Gasteiger partial charge >= 0.3 is 6.09 Å². The molecule has 2 amide bonds. The molecule has 1 aromatic rings. The van der Waals surface area contributed by atoms with E-state index in [-0.39, 0.29) is 12.1 Å². The van der Waals surface area contributed by atoms with Gasteiger partial charge in [0.05, 0.1) is 4.92 Å². The minimum Gasteiger partial charge on any atom is -0.465 e. The molecule has 0 bridgehead atoms. The molecule has 0 aliphatic rings. The van der Waals surface area contributed by atoms with E-state index in [2.05, 4.69) is 10.6 Å². The number of carboxylic acid groups (broad SMARTS) is 1. The predicted molar refractivity (Wildman–Crippen MR) is 79.6 cm³/mol. The maximum Gasteiger partial charge on any atom is 0.405 e. The first kappa shape index (κ1) is 17.4. The molecule has 3 N–H and O–H groups in total. The van der Waals surface area contributed by atoms with Crippen molar-refractivity contribution in [2.75, 3.05) is 0 Å². The van der Waals surface area contributed by atoms with Crippen molar-refractivity contribution < 1.29 is 19.6 Å². The van der Waals surface area contributed by atoms with Crippen LogP contribution >= 0.6 is 0 Å². The van der Waals surface area contributed by atoms with Gasteiger partial charge in [0.25, 0.3) is 5.69 Å². The SMILES string of the molecule is CC(C)(C)NC(=O)C(Cc1ccc([N+](=O)[O-])cc1)NC(=O)O. The predicted octanol–water partition coefficient (Wildman–Crippen LogP) is 1.69. The third kappa shape index (κ3) is 5.78. The van der Waals surface area contributed by atoms with Crippen LogP contribution in [0.25, 0.3) is 0 Å². The number of carbonyl (C=O) groups excluding carboxylic acids is 1. The Kier molecular flexibility index (Phi) is 5.44. The second-order valence-electron chi connectivity index (χ2n) is 5.87. The highest BCUT2D eigenvalue weighted by Crippen LogP contribution is 2.13. The summed E-state index contributed by atoms with van der Waals surface area (Å²) in [6.07, 6.45) is -1.21. The summed E-state index contributed by atoms with van der Waals surface area (Å²) < 4.78 is 0. The van der Waals surface area contributed by atoms with E-state index in [1.807, 2.05) is 0 Å². The first-order valence-corrected chi connectivity index (χ1v) is 6.63. The van der Waals surface area contributed by atoms with E-state index in [1.165, 1.54) is 24.3 Å². The van der Waals surface area contributed by atoms with Crippen LogP contribution in [0.15, 0.2) is 24.3 Å². The first-order valence-electron chi connectivity index (χ1n) is 6.63. The van der Waals surface area contributed by atoms with Crippen LogP contribution in [0, 0.1) is 10.1 Å². The van der Waals surface area contributed by atoms with Gasteiger partial charge in [0.15, 0.2) is 0 Å². The average Bonchev–Trinajstić information content (AvgIpc) is 2.36. The first-order chi connectivity index (χ1) is 10.1. The van der Waals surface area contributed by atoms with Gasteiger partial charge in [0.2, 0.25) is 5.91 Å². The van der Waals surface area contributed by atoms with Gasteiger partial charge in [0.1, 0.15) is 6.04 Å². The van der Waals surface area contributed by atoms with Gasteiger partial charge in [-0.25, -0.2) is 4.79 Å². The average molecular weight is 309 g/mol. The molecule has 0 aliphatic heterocycles. The van der Waals surface area contributed by atoms with Gasteiger partial charge in [-0.05, 0) is 26.3 Å². The molecule has 22 heavy (non-hydrogen) atoms. The molecule has 1 unspecified atom stereocenters. The smallest absolute Gasteiger partial charge is 0.405 e. The van der Waals surface area contributed by atoms with Crippen molar-refractivity contribution in [3.05, 3.63) is 39.9 Å². The number of benzene rings is 1. The van der Waals surface area contributed by atoms with Gasteiger partial charge in [-0.1, -0.05) is 12.1 Å². The zero-order valence-corrected chi connectivity index (χ0v) is 12.6. The Morgan fingerprint density at radius 1 is 1.27 bits per heavy atom. The molecule has 0 aromatic heterocycles. The molecule has 1 aromatic carbocycles. The van der Waals surface area contributed by atoms with Gasteiger partial charge < -0.3 is 15.7 Å². The lowest BCUT2D eigenvalue weighted by Gasteiger charge is -2.25. The summed E-state index contributed by atoms with van der Waals surface area (Å²) in [5.74, 6) is -0.451. The largest absolute Gasteiger partial charge is 0.465 e. The van der Waals surface area contributed by atoms with Crippen LogP contribution in [-0.4, -0.2) is 33.6 Å². The lowest BCUT2D eigenvalue weighted by Crippen LogP contribution is -2.52. The molecule has 1 atom stereocenters. The van der Waals surface area contributed by atoms with Crippen molar-refractivity contribution in [1.29, 1.82) is 0 Å². The normalized spacial score (nSPS) is 12.3. The maximum atomic E-state index is 12.1. The molecule has 8 heteroatoms. The standard InChI is InChI=1S/C14H19N3O5/c1-14(2,3)16-12(18)11(15-13(19)20)8-9-4-6-10(7-5-9)17(21)22/h4-7,11,15H,8H2,1-3H3,(H,16,18)(H,19,20). The van der Waals surface area contributed by atoms with Gasteiger partial charge in [-0.15, -0.1) is 0 Å². The highest BCUT2D eigenvalue weighted by atomic mass is 16.6. The Morgan fingerprint density at radius 2 is 1.82 bits per heavy atom. The zero-order valence-electron chi connectivity index (χ0n) is 12.6. The van der Waals surface area contributed by atoms with Crippen LogP contribution < -0.4 is 10.6 Å². The number of rotatable bonds is 5. The fourth-order valence-corrected chi connectivity index (χ4v) is 1.80. The zero-order chi connectivity index (χ0) is 16.9. The van der Waals surface area contributed by atoms with E-state index in [0.29, 0.717) is 5.56 Å². The minimum atomic E-state index is -1.31. The van der Waals surface area contributed by atoms with Crippen molar-refractivity contribution >= 4 is 17.7 Å². The summed E-state index contributed by atoms with van der Waals surface area (Å²) in [5, 5.41) is 24.3. The minimum absolute atomic E-state index is 0.0642. The van der Waals surface area contributed by atoms with E-state index < -0.39 is 28.5 Å². The summed E-state index contributed by atoms with van der Waals surface area (Å²) in [5.41, 5.74) is 0.0596. The Hall–Kier alpha value is -2.64. The Morgan fingerprint density at radius 3 is 2.23 bits per heavy atom. The number of nitro groups is 1. The molecule has 0 saturated heterocycles. The number of carbonyl (C=O) groups is 2. The molecule has 1 rings (SSSR count). The van der Waals surface area contributed by atoms with E-state index in [4.69, 9.17) is 5.11 Å². The van der Waals surface area contributed by atoms with Crippen LogP contribution in [0.4, 0.5) is 10.5 Å². The highest BCUT2D eigenvalue weighted by molar-refractivity contribution is 5.86. The number of nitrogens with zero attached hydrogens (tertiary/aromatic N) is 1. The second kappa shape index (κ2) is 6.88. The van der Waals surface area contributed by atoms with Crippen molar-refractivity contribution in [2.24, 2.45) is 0 Å². The van der Waals surface area contributed by atoms with E-state index in [0.717, 1.165) is 0 Å². The third-order valence-corrected chi connectivity index (χ3v) is 2.70. The number of amides is 2. The van der Waals surface area contributed by atoms with Crippen molar-refractivity contribution in [3.63, 3.8) is 0 Å². The summed E-state index contributed by atoms with van der Waals surface area (Å²) >= 11 is 0. The van der Waals surface area contributed by atoms with E-state index in [1.54, 1.807) is 20.8 Å². The molecule has 0 saturated carbocycles. The van der Waals surface area contributed by atoms with Gasteiger partial charge in [-0.3, -0.25) is 14.9 Å². The number of hydrogen-bond acceptors (Lipinski definition) is 4. The molecular formula is C14H19N3O5. The summed E-state index contributed by atoms with van der Waals surface area (Å²) in [6, 6.07) is 4.65. The summed E-state index contributed by atoms with van der Waals surface area (Å²) in [6.45, 7) is 5.36. The molecule has 0 fully saturated rings. The van der Waals surface area contributed by atoms with E-state index >= 15 is 0 Å².